The van der Waals surface area contributed by atoms with E-state index in [1.165, 1.54) is 4.90 Å². The second-order valence-corrected chi connectivity index (χ2v) is 6.00. The quantitative estimate of drug-likeness (QED) is 0.725. The Bertz CT molecular complexity index is 310. The van der Waals surface area contributed by atoms with E-state index in [9.17, 15) is 9.59 Å². The molecule has 0 fully saturated rings. The Balaban J connectivity index is 4.65. The minimum absolute atomic E-state index is 0.377. The molecule has 0 saturated heterocycles. The molecule has 0 heterocycles. The molecule has 0 aliphatic carbocycles. The highest BCUT2D eigenvalue weighted by molar-refractivity contribution is 5.83. The normalized spacial score (nSPS) is 13.2. The highest BCUT2D eigenvalue weighted by atomic mass is 16.5. The summed E-state index contributed by atoms with van der Waals surface area (Å²) in [6.45, 7) is 10.0. The molecule has 2 N–H and O–H groups in total. The molecule has 6 heteroatoms. The molecule has 0 bridgehead atoms. The Kier molecular flexibility index (Phi) is 6.83. The fraction of sp³-hybridized carbons (Fsp3) is 0.846. The topological polar surface area (TPSA) is 78.9 Å². The summed E-state index contributed by atoms with van der Waals surface area (Å²) in [5, 5.41) is 10.9. The standard InChI is InChI=1S/C13H26N2O4/c1-9(2)7-8-15(6)11(16)10(14-12(17)18)19-13(3,4)5/h9-10,14H,7-8H2,1-6H3,(H,17,18)/t10-/m0/s1. The molecule has 0 aromatic rings. The highest BCUT2D eigenvalue weighted by Gasteiger charge is 2.29. The summed E-state index contributed by atoms with van der Waals surface area (Å²) in [6.07, 6.45) is -1.59. The van der Waals surface area contributed by atoms with Crippen LogP contribution >= 0.6 is 0 Å². The predicted molar refractivity (Wildman–Crippen MR) is 72.9 cm³/mol. The lowest BCUT2D eigenvalue weighted by atomic mass is 10.1. The Morgan fingerprint density at radius 2 is 1.84 bits per heavy atom. The van der Waals surface area contributed by atoms with Crippen molar-refractivity contribution in [2.45, 2.75) is 52.9 Å². The number of carboxylic acid groups (broad SMARTS) is 1. The number of hydrogen-bond donors (Lipinski definition) is 2. The van der Waals surface area contributed by atoms with Crippen LogP contribution < -0.4 is 5.32 Å². The number of nitrogens with zero attached hydrogens (tertiary/aromatic N) is 1. The summed E-state index contributed by atoms with van der Waals surface area (Å²) in [5.74, 6) is 0.0997. The van der Waals surface area contributed by atoms with Crippen molar-refractivity contribution < 1.29 is 19.4 Å². The average molecular weight is 274 g/mol. The molecular weight excluding hydrogens is 248 g/mol. The monoisotopic (exact) mass is 274 g/mol. The number of rotatable bonds is 6. The van der Waals surface area contributed by atoms with Gasteiger partial charge in [-0.15, -0.1) is 0 Å². The van der Waals surface area contributed by atoms with Crippen molar-refractivity contribution in [2.24, 2.45) is 5.92 Å². The van der Waals surface area contributed by atoms with Gasteiger partial charge in [-0.05, 0) is 33.1 Å². The van der Waals surface area contributed by atoms with Crippen LogP contribution in [0.3, 0.4) is 0 Å². The zero-order valence-electron chi connectivity index (χ0n) is 12.7. The van der Waals surface area contributed by atoms with Crippen LogP contribution in [-0.4, -0.2) is 47.4 Å². The van der Waals surface area contributed by atoms with Crippen LogP contribution in [0.15, 0.2) is 0 Å². The Morgan fingerprint density at radius 3 is 2.21 bits per heavy atom. The lowest BCUT2D eigenvalue weighted by molar-refractivity contribution is -0.154. The average Bonchev–Trinajstić information content (AvgIpc) is 2.21. The predicted octanol–water partition coefficient (Wildman–Crippen LogP) is 1.90. The van der Waals surface area contributed by atoms with Crippen molar-refractivity contribution in [3.63, 3.8) is 0 Å². The van der Waals surface area contributed by atoms with E-state index in [4.69, 9.17) is 9.84 Å². The van der Waals surface area contributed by atoms with Crippen molar-refractivity contribution in [3.05, 3.63) is 0 Å². The second kappa shape index (κ2) is 7.33. The zero-order chi connectivity index (χ0) is 15.2. The molecular formula is C13H26N2O4. The van der Waals surface area contributed by atoms with Crippen LogP contribution in [0.25, 0.3) is 0 Å². The van der Waals surface area contributed by atoms with E-state index in [0.29, 0.717) is 12.5 Å². The van der Waals surface area contributed by atoms with Crippen molar-refractivity contribution in [2.75, 3.05) is 13.6 Å². The zero-order valence-corrected chi connectivity index (χ0v) is 12.7. The van der Waals surface area contributed by atoms with Gasteiger partial charge in [-0.1, -0.05) is 13.8 Å². The lowest BCUT2D eigenvalue weighted by Gasteiger charge is -2.29. The number of carbonyl (C=O) groups is 2. The molecule has 19 heavy (non-hydrogen) atoms. The maximum absolute atomic E-state index is 12.1. The molecule has 112 valence electrons. The van der Waals surface area contributed by atoms with E-state index in [-0.39, 0.29) is 5.91 Å². The summed E-state index contributed by atoms with van der Waals surface area (Å²) >= 11 is 0. The van der Waals surface area contributed by atoms with Gasteiger partial charge in [0.25, 0.3) is 5.91 Å². The molecule has 0 spiro atoms. The summed E-state index contributed by atoms with van der Waals surface area (Å²) < 4.78 is 5.46. The van der Waals surface area contributed by atoms with Gasteiger partial charge in [0.15, 0.2) is 0 Å². The third-order valence-corrected chi connectivity index (χ3v) is 2.37. The molecule has 2 amide bonds. The van der Waals surface area contributed by atoms with Crippen molar-refractivity contribution in [1.82, 2.24) is 10.2 Å². The SMILES string of the molecule is CC(C)CCN(C)C(=O)[C@@H](NC(=O)O)OC(C)(C)C. The van der Waals surface area contributed by atoms with Gasteiger partial charge in [-0.3, -0.25) is 10.1 Å². The number of likely N-dealkylation sites (N-methyl/N-ethyl adjacent to an activating group) is 1. The Labute approximate surface area is 115 Å². The van der Waals surface area contributed by atoms with E-state index in [2.05, 4.69) is 19.2 Å². The Morgan fingerprint density at radius 1 is 1.32 bits per heavy atom. The highest BCUT2D eigenvalue weighted by Crippen LogP contribution is 2.12. The minimum atomic E-state index is -1.28. The maximum Gasteiger partial charge on any atom is 0.407 e. The van der Waals surface area contributed by atoms with Gasteiger partial charge in [-0.25, -0.2) is 4.79 Å². The molecule has 0 saturated carbocycles. The molecule has 0 aliphatic rings. The lowest BCUT2D eigenvalue weighted by Crippen LogP contribution is -2.51. The molecule has 0 unspecified atom stereocenters. The molecule has 6 nitrogen and oxygen atoms in total. The third-order valence-electron chi connectivity index (χ3n) is 2.37. The molecule has 1 atom stereocenters. The molecule has 0 radical (unpaired) electrons. The third kappa shape index (κ3) is 8.42. The van der Waals surface area contributed by atoms with Crippen LogP contribution in [0, 0.1) is 5.92 Å². The van der Waals surface area contributed by atoms with Gasteiger partial charge in [0, 0.05) is 13.6 Å². The molecule has 0 aromatic carbocycles. The van der Waals surface area contributed by atoms with Gasteiger partial charge in [0.05, 0.1) is 5.60 Å². The maximum atomic E-state index is 12.1. The number of carbonyl (C=O) groups excluding carboxylic acids is 1. The fourth-order valence-electron chi connectivity index (χ4n) is 1.37. The van der Waals surface area contributed by atoms with E-state index in [1.54, 1.807) is 27.8 Å². The van der Waals surface area contributed by atoms with Gasteiger partial charge in [-0.2, -0.15) is 0 Å². The first-order chi connectivity index (χ1) is 8.53. The molecule has 0 aliphatic heterocycles. The number of ether oxygens (including phenoxy) is 1. The van der Waals surface area contributed by atoms with Crippen molar-refractivity contribution >= 4 is 12.0 Å². The van der Waals surface area contributed by atoms with Crippen molar-refractivity contribution in [1.29, 1.82) is 0 Å². The van der Waals surface area contributed by atoms with Crippen LogP contribution in [-0.2, 0) is 9.53 Å². The fourth-order valence-corrected chi connectivity index (χ4v) is 1.37. The van der Waals surface area contributed by atoms with E-state index < -0.39 is 17.9 Å². The van der Waals surface area contributed by atoms with Crippen LogP contribution in [0.4, 0.5) is 4.79 Å². The smallest absolute Gasteiger partial charge is 0.407 e. The van der Waals surface area contributed by atoms with Crippen molar-refractivity contribution in [3.8, 4) is 0 Å². The number of hydrogen-bond acceptors (Lipinski definition) is 3. The summed E-state index contributed by atoms with van der Waals surface area (Å²) in [5.41, 5.74) is -0.609. The van der Waals surface area contributed by atoms with Gasteiger partial charge in [0.1, 0.15) is 0 Å². The molecule has 0 rings (SSSR count). The summed E-state index contributed by atoms with van der Waals surface area (Å²) in [7, 11) is 1.65. The van der Waals surface area contributed by atoms with E-state index in [0.717, 1.165) is 6.42 Å². The van der Waals surface area contributed by atoms with Gasteiger partial charge >= 0.3 is 6.09 Å². The second-order valence-electron chi connectivity index (χ2n) is 6.00. The van der Waals surface area contributed by atoms with Gasteiger partial charge < -0.3 is 14.7 Å². The minimum Gasteiger partial charge on any atom is -0.465 e. The first kappa shape index (κ1) is 17.7. The van der Waals surface area contributed by atoms with E-state index in [1.807, 2.05) is 0 Å². The summed E-state index contributed by atoms with van der Waals surface area (Å²) in [4.78, 5) is 24.4. The largest absolute Gasteiger partial charge is 0.465 e. The number of nitrogens with one attached hydrogen (secondary N) is 1. The first-order valence-electron chi connectivity index (χ1n) is 6.45. The number of amides is 2. The van der Waals surface area contributed by atoms with Crippen LogP contribution in [0.1, 0.15) is 41.0 Å². The van der Waals surface area contributed by atoms with E-state index >= 15 is 0 Å². The van der Waals surface area contributed by atoms with Crippen LogP contribution in [0.2, 0.25) is 0 Å². The Hall–Kier alpha value is -1.30. The summed E-state index contributed by atoms with van der Waals surface area (Å²) in [6, 6.07) is 0. The molecule has 0 aromatic heterocycles. The first-order valence-corrected chi connectivity index (χ1v) is 6.45. The van der Waals surface area contributed by atoms with Crippen LogP contribution in [0.5, 0.6) is 0 Å². The van der Waals surface area contributed by atoms with Gasteiger partial charge in [0.2, 0.25) is 6.23 Å².